The standard InChI is InChI=1S/C78H152O17P2/c1-8-10-11-12-13-14-23-30-38-45-52-59-75(80)88-66-74(95-78(83)62-55-48-41-34-33-36-43-50-57-70(5)6)68-93-97(86,87)91-64-72(79)63-90-96(84,85)92-67-73(65-89-76(81)60-53-46-39-31-27-26-28-35-42-49-56-69(3)4)94-77(82)61-54-47-40-32-25-22-20-18-16-15-17-19-21-24-29-37-44-51-58-71(7)9-2/h69-74,79H,8-68H2,1-7H3,(H,84,85)(H,86,87)/t71?,72-,73-,74-/m1/s1. The zero-order chi connectivity index (χ0) is 71.6. The maximum Gasteiger partial charge on any atom is 0.472 e. The van der Waals surface area contributed by atoms with Crippen molar-refractivity contribution in [2.75, 3.05) is 39.6 Å². The van der Waals surface area contributed by atoms with Crippen LogP contribution in [0.1, 0.15) is 402 Å². The van der Waals surface area contributed by atoms with Crippen LogP contribution in [0, 0.1) is 17.8 Å². The largest absolute Gasteiger partial charge is 0.472 e. The van der Waals surface area contributed by atoms with Crippen LogP contribution in [0.25, 0.3) is 0 Å². The second kappa shape index (κ2) is 68.5. The molecule has 0 aliphatic carbocycles. The van der Waals surface area contributed by atoms with Crippen LogP contribution in [-0.4, -0.2) is 96.7 Å². The number of phosphoric acid groups is 2. The van der Waals surface area contributed by atoms with Gasteiger partial charge in [0, 0.05) is 25.7 Å². The van der Waals surface area contributed by atoms with Crippen LogP contribution in [0.4, 0.5) is 0 Å². The summed E-state index contributed by atoms with van der Waals surface area (Å²) in [4.78, 5) is 72.8. The van der Waals surface area contributed by atoms with Gasteiger partial charge in [-0.1, -0.05) is 350 Å². The van der Waals surface area contributed by atoms with Crippen molar-refractivity contribution in [2.24, 2.45) is 17.8 Å². The number of ether oxygens (including phenoxy) is 4. The Balaban J connectivity index is 5.19. The van der Waals surface area contributed by atoms with Crippen molar-refractivity contribution in [3.63, 3.8) is 0 Å². The molecule has 0 saturated heterocycles. The zero-order valence-corrected chi connectivity index (χ0v) is 65.3. The Bertz CT molecular complexity index is 1890. The Morgan fingerprint density at radius 2 is 0.526 bits per heavy atom. The van der Waals surface area contributed by atoms with Gasteiger partial charge in [0.15, 0.2) is 12.2 Å². The third kappa shape index (κ3) is 70.9. The van der Waals surface area contributed by atoms with Gasteiger partial charge in [-0.05, 0) is 43.4 Å². The molecule has 0 aliphatic rings. The molecular weight excluding hydrogens is 1270 g/mol. The third-order valence-electron chi connectivity index (χ3n) is 18.5. The van der Waals surface area contributed by atoms with Crippen molar-refractivity contribution >= 4 is 39.5 Å². The third-order valence-corrected chi connectivity index (χ3v) is 20.4. The molecule has 0 aromatic heterocycles. The van der Waals surface area contributed by atoms with Crippen LogP contribution in [-0.2, 0) is 65.4 Å². The molecule has 0 aliphatic heterocycles. The Morgan fingerprint density at radius 3 is 0.784 bits per heavy atom. The summed E-state index contributed by atoms with van der Waals surface area (Å²) in [5.74, 6) is 0.231. The van der Waals surface area contributed by atoms with Crippen molar-refractivity contribution in [2.45, 2.75) is 420 Å². The number of unbranched alkanes of at least 4 members (excludes halogenated alkanes) is 43. The number of aliphatic hydroxyl groups excluding tert-OH is 1. The summed E-state index contributed by atoms with van der Waals surface area (Å²) in [5.41, 5.74) is 0. The minimum absolute atomic E-state index is 0.105. The number of esters is 4. The molecule has 19 heteroatoms. The van der Waals surface area contributed by atoms with E-state index >= 15 is 0 Å². The lowest BCUT2D eigenvalue weighted by molar-refractivity contribution is -0.161. The predicted octanol–water partition coefficient (Wildman–Crippen LogP) is 23.0. The van der Waals surface area contributed by atoms with E-state index in [2.05, 4.69) is 48.5 Å². The highest BCUT2D eigenvalue weighted by Gasteiger charge is 2.30. The van der Waals surface area contributed by atoms with Crippen LogP contribution < -0.4 is 0 Å². The molecule has 0 heterocycles. The molecular formula is C78H152O17P2. The maximum atomic E-state index is 13.1. The minimum Gasteiger partial charge on any atom is -0.462 e. The van der Waals surface area contributed by atoms with E-state index in [0.29, 0.717) is 25.7 Å². The predicted molar refractivity (Wildman–Crippen MR) is 395 cm³/mol. The number of aliphatic hydroxyl groups is 1. The fourth-order valence-corrected chi connectivity index (χ4v) is 13.5. The molecule has 0 bridgehead atoms. The van der Waals surface area contributed by atoms with E-state index < -0.39 is 97.5 Å². The number of hydrogen-bond acceptors (Lipinski definition) is 15. The first kappa shape index (κ1) is 95.1. The molecule has 0 rings (SSSR count). The summed E-state index contributed by atoms with van der Waals surface area (Å²) < 4.78 is 68.5. The molecule has 0 aromatic rings. The van der Waals surface area contributed by atoms with Gasteiger partial charge in [0.2, 0.25) is 0 Å². The Morgan fingerprint density at radius 1 is 0.299 bits per heavy atom. The van der Waals surface area contributed by atoms with Gasteiger partial charge in [0.1, 0.15) is 19.3 Å². The van der Waals surface area contributed by atoms with Crippen molar-refractivity contribution in [1.82, 2.24) is 0 Å². The fraction of sp³-hybridized carbons (Fsp3) is 0.949. The highest BCUT2D eigenvalue weighted by Crippen LogP contribution is 2.45. The summed E-state index contributed by atoms with van der Waals surface area (Å²) in [6.07, 6.45) is 55.5. The quantitative estimate of drug-likeness (QED) is 0.0222. The van der Waals surface area contributed by atoms with Crippen molar-refractivity contribution in [1.29, 1.82) is 0 Å². The van der Waals surface area contributed by atoms with Gasteiger partial charge in [-0.15, -0.1) is 0 Å². The molecule has 97 heavy (non-hydrogen) atoms. The molecule has 3 unspecified atom stereocenters. The lowest BCUT2D eigenvalue weighted by Crippen LogP contribution is -2.30. The average molecular weight is 1420 g/mol. The van der Waals surface area contributed by atoms with E-state index in [4.69, 9.17) is 37.0 Å². The van der Waals surface area contributed by atoms with Gasteiger partial charge in [-0.25, -0.2) is 9.13 Å². The van der Waals surface area contributed by atoms with Gasteiger partial charge >= 0.3 is 39.5 Å². The lowest BCUT2D eigenvalue weighted by Gasteiger charge is -2.21. The van der Waals surface area contributed by atoms with Crippen LogP contribution in [0.15, 0.2) is 0 Å². The van der Waals surface area contributed by atoms with Crippen molar-refractivity contribution in [3.8, 4) is 0 Å². The monoisotopic (exact) mass is 1420 g/mol. The first-order valence-electron chi connectivity index (χ1n) is 40.4. The summed E-state index contributed by atoms with van der Waals surface area (Å²) in [6.45, 7) is 11.9. The van der Waals surface area contributed by atoms with Gasteiger partial charge in [0.05, 0.1) is 26.4 Å². The Kier molecular flexibility index (Phi) is 67.1. The molecule has 0 aromatic carbocycles. The van der Waals surface area contributed by atoms with E-state index in [0.717, 1.165) is 108 Å². The number of carbonyl (C=O) groups is 4. The van der Waals surface area contributed by atoms with Gasteiger partial charge in [0.25, 0.3) is 0 Å². The van der Waals surface area contributed by atoms with E-state index in [1.807, 2.05) is 0 Å². The smallest absolute Gasteiger partial charge is 0.462 e. The zero-order valence-electron chi connectivity index (χ0n) is 63.5. The van der Waals surface area contributed by atoms with E-state index in [-0.39, 0.29) is 25.7 Å². The number of hydrogen-bond donors (Lipinski definition) is 3. The summed E-state index contributed by atoms with van der Waals surface area (Å²) in [7, 11) is -9.91. The van der Waals surface area contributed by atoms with Crippen LogP contribution in [0.5, 0.6) is 0 Å². The number of phosphoric ester groups is 2. The highest BCUT2D eigenvalue weighted by atomic mass is 31.2. The molecule has 0 saturated carbocycles. The molecule has 0 fully saturated rings. The van der Waals surface area contributed by atoms with E-state index in [1.54, 1.807) is 0 Å². The van der Waals surface area contributed by atoms with Crippen LogP contribution in [0.3, 0.4) is 0 Å². The van der Waals surface area contributed by atoms with Gasteiger partial charge in [-0.2, -0.15) is 0 Å². The average Bonchev–Trinajstić information content (AvgIpc) is 1.30. The highest BCUT2D eigenvalue weighted by molar-refractivity contribution is 7.47. The first-order chi connectivity index (χ1) is 46.8. The molecule has 576 valence electrons. The van der Waals surface area contributed by atoms with Crippen LogP contribution in [0.2, 0.25) is 0 Å². The number of carbonyl (C=O) groups excluding carboxylic acids is 4. The van der Waals surface area contributed by atoms with Gasteiger partial charge in [-0.3, -0.25) is 37.3 Å². The topological polar surface area (TPSA) is 237 Å². The summed E-state index contributed by atoms with van der Waals surface area (Å²) in [5, 5.41) is 10.6. The molecule has 3 N–H and O–H groups in total. The van der Waals surface area contributed by atoms with Crippen LogP contribution >= 0.6 is 15.6 Å². The van der Waals surface area contributed by atoms with E-state index in [9.17, 15) is 43.2 Å². The summed E-state index contributed by atoms with van der Waals surface area (Å²) >= 11 is 0. The second-order valence-electron chi connectivity index (χ2n) is 29.3. The summed E-state index contributed by atoms with van der Waals surface area (Å²) in [6, 6.07) is 0. The van der Waals surface area contributed by atoms with Gasteiger partial charge < -0.3 is 33.8 Å². The van der Waals surface area contributed by atoms with E-state index in [1.165, 1.54) is 212 Å². The molecule has 0 radical (unpaired) electrons. The number of rotatable bonds is 76. The molecule has 0 spiro atoms. The molecule has 17 nitrogen and oxygen atoms in total. The Labute approximate surface area is 594 Å². The molecule has 0 amide bonds. The fourth-order valence-electron chi connectivity index (χ4n) is 11.9. The van der Waals surface area contributed by atoms with Crippen molar-refractivity contribution in [3.05, 3.63) is 0 Å². The van der Waals surface area contributed by atoms with Crippen molar-refractivity contribution < 1.29 is 80.2 Å². The first-order valence-corrected chi connectivity index (χ1v) is 43.4. The second-order valence-corrected chi connectivity index (χ2v) is 32.2. The normalized spacial score (nSPS) is 14.3. The minimum atomic E-state index is -4.96. The lowest BCUT2D eigenvalue weighted by atomic mass is 9.99. The molecule has 6 atom stereocenters. The SMILES string of the molecule is CCCCCCCCCCCCCC(=O)OC[C@H](COP(=O)(O)OC[C@H](O)COP(=O)(O)OC[C@@H](COC(=O)CCCCCCCCCCCCC(C)C)OC(=O)CCCCCCCCCCCCCCCCCCCCC(C)CC)OC(=O)CCCCCCCCCCC(C)C. The Hall–Kier alpha value is -1.94. The maximum absolute atomic E-state index is 13.1.